The van der Waals surface area contributed by atoms with Crippen molar-refractivity contribution in [1.82, 2.24) is 0 Å². The summed E-state index contributed by atoms with van der Waals surface area (Å²) in [6.45, 7) is 13.3. The lowest BCUT2D eigenvalue weighted by Gasteiger charge is -2.55. The Hall–Kier alpha value is -2.76. The molecule has 1 saturated heterocycles. The highest BCUT2D eigenvalue weighted by Gasteiger charge is 2.60. The minimum absolute atomic E-state index is 0. The molecule has 8 aliphatic carbocycles. The fourth-order valence-electron chi connectivity index (χ4n) is 18.9. The fraction of sp³-hybridized carbons (Fsp3) is 0.761. The van der Waals surface area contributed by atoms with Crippen molar-refractivity contribution in [2.24, 2.45) is 81.8 Å². The van der Waals surface area contributed by atoms with Crippen LogP contribution in [-0.4, -0.2) is 85.5 Å². The van der Waals surface area contributed by atoms with Gasteiger partial charge in [-0.3, -0.25) is 0 Å². The predicted octanol–water partition coefficient (Wildman–Crippen LogP) is 15.9. The van der Waals surface area contributed by atoms with Crippen LogP contribution in [0.1, 0.15) is 184 Å². The first-order valence-electron chi connectivity index (χ1n) is 31.3. The highest BCUT2D eigenvalue weighted by molar-refractivity contribution is 7.92. The molecule has 9 aliphatic rings. The molecule has 16 heteroatoms. The van der Waals surface area contributed by atoms with E-state index in [1.807, 2.05) is 25.1 Å². The lowest BCUT2D eigenvalue weighted by atomic mass is 9.50. The number of epoxide rings is 1. The number of hydrogen-bond donors (Lipinski definition) is 3. The van der Waals surface area contributed by atoms with E-state index in [2.05, 4.69) is 51.5 Å². The molecule has 1 heterocycles. The van der Waals surface area contributed by atoms with Gasteiger partial charge in [-0.2, -0.15) is 26.3 Å². The molecule has 1 aliphatic heterocycles. The summed E-state index contributed by atoms with van der Waals surface area (Å²) in [6.07, 6.45) is 10.8. The van der Waals surface area contributed by atoms with Crippen LogP contribution in [0.5, 0.6) is 0 Å². The average molecular weight is 1210 g/mol. The van der Waals surface area contributed by atoms with Crippen molar-refractivity contribution in [3.05, 3.63) is 84.0 Å². The SMILES string of the molecule is C.CC[C@]1(O)CC[C@H]2C(=CC[C@@H]3[C@@H]2CC[C@]2(C)[C@@H]([C@H](C)CC(C[C@H](O)C(F)(F)F)S(=O)(=O)c4ccccc4)CC[C@@H]32)C1.CC[C@]1(O)CC[C@H]2C(=CC[C@@H]3[C@@H]2CC[C@]2(C)[C@@H]([C@H](C)CCS(=O)(=O)c4ccccc4)CC[C@@H]32)C1.FC(F)(F)[C@@H]1CO1. The Bertz CT molecular complexity index is 2790. The van der Waals surface area contributed by atoms with Gasteiger partial charge in [0, 0.05) is 0 Å². The Balaban J connectivity index is 0.000000194. The summed E-state index contributed by atoms with van der Waals surface area (Å²) in [5, 5.41) is 30.5. The maximum atomic E-state index is 13.6. The summed E-state index contributed by atoms with van der Waals surface area (Å²) in [4.78, 5) is 0.473. The second-order valence-corrected chi connectivity index (χ2v) is 32.2. The Morgan fingerprint density at radius 2 is 1.06 bits per heavy atom. The highest BCUT2D eigenvalue weighted by atomic mass is 32.2. The minimum atomic E-state index is -4.87. The van der Waals surface area contributed by atoms with Gasteiger partial charge in [0.25, 0.3) is 0 Å². The summed E-state index contributed by atoms with van der Waals surface area (Å²) in [5.74, 6) is 6.78. The van der Waals surface area contributed by atoms with Crippen molar-refractivity contribution in [2.75, 3.05) is 12.4 Å². The van der Waals surface area contributed by atoms with Crippen molar-refractivity contribution in [3.63, 3.8) is 0 Å². The van der Waals surface area contributed by atoms with E-state index in [1.54, 1.807) is 35.9 Å². The molecular weight excluding hydrogens is 1110 g/mol. The van der Waals surface area contributed by atoms with Gasteiger partial charge in [0.15, 0.2) is 31.9 Å². The smallest absolute Gasteiger partial charge is 0.390 e. The van der Waals surface area contributed by atoms with E-state index in [9.17, 15) is 58.5 Å². The summed E-state index contributed by atoms with van der Waals surface area (Å²) in [5.41, 5.74) is 2.35. The lowest BCUT2D eigenvalue weighted by Crippen LogP contribution is -2.48. The summed E-state index contributed by atoms with van der Waals surface area (Å²) in [7, 11) is -7.27. The molecule has 11 rings (SSSR count). The first kappa shape index (κ1) is 66.2. The molecule has 0 amide bonds. The molecule has 19 atom stereocenters. The van der Waals surface area contributed by atoms with Gasteiger partial charge < -0.3 is 20.1 Å². The molecule has 2 aromatic carbocycles. The number of fused-ring (bicyclic) bond motifs is 10. The van der Waals surface area contributed by atoms with Crippen LogP contribution in [0.3, 0.4) is 0 Å². The number of rotatable bonds is 14. The van der Waals surface area contributed by atoms with Gasteiger partial charge in [0.05, 0.1) is 38.6 Å². The monoisotopic (exact) mass is 1210 g/mol. The van der Waals surface area contributed by atoms with Crippen molar-refractivity contribution in [3.8, 4) is 0 Å². The van der Waals surface area contributed by atoms with Crippen molar-refractivity contribution < 1.29 is 63.2 Å². The van der Waals surface area contributed by atoms with Gasteiger partial charge in [-0.05, 0) is 241 Å². The number of hydrogen-bond acceptors (Lipinski definition) is 8. The topological polar surface area (TPSA) is 142 Å². The van der Waals surface area contributed by atoms with E-state index in [4.69, 9.17) is 0 Å². The van der Waals surface area contributed by atoms with E-state index in [0.717, 1.165) is 108 Å². The average Bonchev–Trinajstić information content (AvgIpc) is 2.69. The van der Waals surface area contributed by atoms with Crippen molar-refractivity contribution in [2.45, 2.75) is 235 Å². The summed E-state index contributed by atoms with van der Waals surface area (Å²) >= 11 is 0. The zero-order valence-corrected chi connectivity index (χ0v) is 51.0. The fourth-order valence-corrected chi connectivity index (χ4v) is 22.3. The van der Waals surface area contributed by atoms with E-state index >= 15 is 0 Å². The zero-order chi connectivity index (χ0) is 59.4. The third kappa shape index (κ3) is 13.9. The van der Waals surface area contributed by atoms with Gasteiger partial charge in [0.1, 0.15) is 0 Å². The first-order chi connectivity index (χ1) is 38.5. The maximum Gasteiger partial charge on any atom is 0.416 e. The van der Waals surface area contributed by atoms with E-state index < -0.39 is 67.1 Å². The molecule has 1 unspecified atom stereocenters. The third-order valence-electron chi connectivity index (χ3n) is 23.7. The number of ether oxygens (including phenoxy) is 1. The molecule has 0 aromatic heterocycles. The van der Waals surface area contributed by atoms with Crippen LogP contribution in [-0.2, 0) is 24.4 Å². The Morgan fingerprint density at radius 1 is 0.614 bits per heavy atom. The Morgan fingerprint density at radius 3 is 1.47 bits per heavy atom. The van der Waals surface area contributed by atoms with Crippen LogP contribution in [0.25, 0.3) is 0 Å². The molecule has 3 N–H and O–H groups in total. The van der Waals surface area contributed by atoms with Crippen molar-refractivity contribution in [1.29, 1.82) is 0 Å². The molecule has 8 nitrogen and oxygen atoms in total. The van der Waals surface area contributed by atoms with E-state index in [0.29, 0.717) is 51.7 Å². The summed E-state index contributed by atoms with van der Waals surface area (Å²) in [6, 6.07) is 16.7. The normalized spacial score (nSPS) is 37.8. The number of halogens is 6. The van der Waals surface area contributed by atoms with Gasteiger partial charge in [-0.15, -0.1) is 0 Å². The van der Waals surface area contributed by atoms with Crippen LogP contribution >= 0.6 is 0 Å². The van der Waals surface area contributed by atoms with E-state index in [-0.39, 0.29) is 48.4 Å². The van der Waals surface area contributed by atoms with Crippen LogP contribution in [0.15, 0.2) is 93.8 Å². The van der Waals surface area contributed by atoms with Crippen LogP contribution < -0.4 is 0 Å². The number of benzene rings is 2. The number of sulfone groups is 2. The Labute approximate surface area is 493 Å². The standard InChI is InChI=1S/C33H47F3O4S.C30H44O3S.C3H3F3O.CH4/c1-4-32(38)17-15-25-22(20-32)10-11-27-26(25)14-16-31(3)28(12-13-29(27)31)21(2)18-24(19-30(37)33(34,35)36)41(39,40)23-8-6-5-7-9-23;1-4-30(31)18-15-24-22(20-30)10-11-26-25(24)14-17-29(3)27(12-13-28(26)29)21(2)16-19-34(32,33)23-8-6-5-7-9-23;4-3(5,6)2-1-7-2;/h5-10,21,24-30,37-38H,4,11-20H2,1-3H3;5-10,21,24-28,31H,4,11-20H2,1-3H3;2H,1H2;1H4/t21-,24?,25+,26-,27-,28-,29+,30+,31-,32+;21-,24+,25-,26-,27-,28+,29-,30+;2-;/m110./s1. The van der Waals surface area contributed by atoms with E-state index in [1.165, 1.54) is 49.8 Å². The molecule has 0 bridgehead atoms. The molecule has 2 aromatic rings. The van der Waals surface area contributed by atoms with Crippen LogP contribution in [0.2, 0.25) is 0 Å². The van der Waals surface area contributed by atoms with Gasteiger partial charge in [-0.1, -0.05) is 109 Å². The molecule has 468 valence electrons. The molecule has 6 saturated carbocycles. The molecular formula is C67H98F6O8S2. The number of aliphatic hydroxyl groups is 3. The van der Waals surface area contributed by atoms with Gasteiger partial charge in [0.2, 0.25) is 0 Å². The number of alkyl halides is 6. The molecule has 0 spiro atoms. The highest BCUT2D eigenvalue weighted by Crippen LogP contribution is 2.67. The number of allylic oxidation sites excluding steroid dienone is 2. The van der Waals surface area contributed by atoms with Crippen molar-refractivity contribution >= 4 is 19.7 Å². The lowest BCUT2D eigenvalue weighted by molar-refractivity contribution is -0.205. The first-order valence-corrected chi connectivity index (χ1v) is 34.5. The largest absolute Gasteiger partial charge is 0.416 e. The van der Waals surface area contributed by atoms with Gasteiger partial charge >= 0.3 is 12.4 Å². The third-order valence-corrected chi connectivity index (χ3v) is 27.6. The molecule has 83 heavy (non-hydrogen) atoms. The maximum absolute atomic E-state index is 13.6. The summed E-state index contributed by atoms with van der Waals surface area (Å²) < 4.78 is 130. The number of aliphatic hydroxyl groups excluding tert-OH is 1. The van der Waals surface area contributed by atoms with Crippen LogP contribution in [0, 0.1) is 81.8 Å². The molecule has 0 radical (unpaired) electrons. The molecule has 7 fully saturated rings. The van der Waals surface area contributed by atoms with Gasteiger partial charge in [-0.25, -0.2) is 16.8 Å². The minimum Gasteiger partial charge on any atom is -0.390 e. The second-order valence-electron chi connectivity index (χ2n) is 27.9. The predicted molar refractivity (Wildman–Crippen MR) is 314 cm³/mol. The second kappa shape index (κ2) is 25.4. The van der Waals surface area contributed by atoms with Crippen LogP contribution in [0.4, 0.5) is 26.3 Å². The Kier molecular flexibility index (Phi) is 20.2. The zero-order valence-electron chi connectivity index (χ0n) is 49.3. The quantitative estimate of drug-likeness (QED) is 0.0965.